The minimum Gasteiger partial charge on any atom is -0.494 e. The normalized spacial score (nSPS) is 10.7. The third-order valence-electron chi connectivity index (χ3n) is 4.86. The fourth-order valence-corrected chi connectivity index (χ4v) is 3.08. The summed E-state index contributed by atoms with van der Waals surface area (Å²) in [5.41, 5.74) is 4.17. The Bertz CT molecular complexity index is 1100. The Morgan fingerprint density at radius 2 is 1.66 bits per heavy atom. The van der Waals surface area contributed by atoms with E-state index in [0.717, 1.165) is 29.7 Å². The molecule has 3 aromatic carbocycles. The Morgan fingerprint density at radius 1 is 0.943 bits per heavy atom. The lowest BCUT2D eigenvalue weighted by Crippen LogP contribution is -2.24. The molecular formula is C27H29ClN2O5. The van der Waals surface area contributed by atoms with Crippen LogP contribution in [0.4, 0.5) is 0 Å². The predicted octanol–water partition coefficient (Wildman–Crippen LogP) is 5.64. The van der Waals surface area contributed by atoms with Gasteiger partial charge in [0.15, 0.2) is 18.1 Å². The minimum absolute atomic E-state index is 0.159. The first-order valence-corrected chi connectivity index (χ1v) is 11.7. The van der Waals surface area contributed by atoms with Crippen LogP contribution in [0.15, 0.2) is 71.8 Å². The molecule has 0 spiro atoms. The first kappa shape index (κ1) is 25.9. The van der Waals surface area contributed by atoms with Crippen molar-refractivity contribution in [2.75, 3.05) is 20.3 Å². The van der Waals surface area contributed by atoms with Crippen LogP contribution in [0.2, 0.25) is 5.02 Å². The van der Waals surface area contributed by atoms with Gasteiger partial charge in [-0.2, -0.15) is 5.10 Å². The van der Waals surface area contributed by atoms with E-state index in [4.69, 9.17) is 30.5 Å². The van der Waals surface area contributed by atoms with Gasteiger partial charge in [0.05, 0.1) is 19.9 Å². The maximum Gasteiger partial charge on any atom is 0.277 e. The molecule has 3 rings (SSSR count). The molecule has 35 heavy (non-hydrogen) atoms. The van der Waals surface area contributed by atoms with E-state index in [2.05, 4.69) is 17.5 Å². The molecule has 1 amide bonds. The SMILES string of the molecule is CCCCOc1ccc(OCC(=O)N/N=C/c2ccc(OCc3ccc(Cl)cc3)c(OC)c2)cc1. The number of halogens is 1. The van der Waals surface area contributed by atoms with E-state index in [1.165, 1.54) is 6.21 Å². The maximum atomic E-state index is 12.0. The van der Waals surface area contributed by atoms with E-state index in [-0.39, 0.29) is 12.5 Å². The fraction of sp³-hybridized carbons (Fsp3) is 0.259. The Balaban J connectivity index is 1.45. The average molecular weight is 497 g/mol. The smallest absolute Gasteiger partial charge is 0.277 e. The summed E-state index contributed by atoms with van der Waals surface area (Å²) >= 11 is 5.91. The van der Waals surface area contributed by atoms with Gasteiger partial charge in [-0.3, -0.25) is 4.79 Å². The van der Waals surface area contributed by atoms with Crippen molar-refractivity contribution in [3.63, 3.8) is 0 Å². The van der Waals surface area contributed by atoms with Gasteiger partial charge < -0.3 is 18.9 Å². The van der Waals surface area contributed by atoms with Crippen LogP contribution in [0, 0.1) is 0 Å². The lowest BCUT2D eigenvalue weighted by atomic mass is 10.2. The highest BCUT2D eigenvalue weighted by Crippen LogP contribution is 2.28. The summed E-state index contributed by atoms with van der Waals surface area (Å²) in [4.78, 5) is 12.0. The van der Waals surface area contributed by atoms with Gasteiger partial charge in [0.2, 0.25) is 0 Å². The van der Waals surface area contributed by atoms with Gasteiger partial charge in [0, 0.05) is 5.02 Å². The van der Waals surface area contributed by atoms with Crippen LogP contribution in [0.1, 0.15) is 30.9 Å². The van der Waals surface area contributed by atoms with Crippen molar-refractivity contribution in [2.24, 2.45) is 5.10 Å². The number of carbonyl (C=O) groups is 1. The minimum atomic E-state index is -0.376. The highest BCUT2D eigenvalue weighted by atomic mass is 35.5. The molecule has 0 bridgehead atoms. The molecule has 0 unspecified atom stereocenters. The zero-order valence-corrected chi connectivity index (χ0v) is 20.6. The Hall–Kier alpha value is -3.71. The quantitative estimate of drug-likeness (QED) is 0.188. The number of rotatable bonds is 13. The van der Waals surface area contributed by atoms with Gasteiger partial charge in [-0.25, -0.2) is 5.43 Å². The monoisotopic (exact) mass is 496 g/mol. The van der Waals surface area contributed by atoms with E-state index in [1.54, 1.807) is 31.4 Å². The Morgan fingerprint density at radius 3 is 2.34 bits per heavy atom. The molecule has 7 nitrogen and oxygen atoms in total. The van der Waals surface area contributed by atoms with Crippen LogP contribution in [-0.4, -0.2) is 32.4 Å². The number of carbonyl (C=O) groups excluding carboxylic acids is 1. The van der Waals surface area contributed by atoms with Crippen LogP contribution in [0.3, 0.4) is 0 Å². The molecule has 0 radical (unpaired) electrons. The molecule has 0 aliphatic carbocycles. The van der Waals surface area contributed by atoms with Gasteiger partial charge >= 0.3 is 0 Å². The zero-order chi connectivity index (χ0) is 24.9. The van der Waals surface area contributed by atoms with Crippen molar-refractivity contribution < 1.29 is 23.7 Å². The molecule has 1 N–H and O–H groups in total. The molecule has 0 saturated carbocycles. The second-order valence-electron chi connectivity index (χ2n) is 7.58. The van der Waals surface area contributed by atoms with Crippen molar-refractivity contribution in [2.45, 2.75) is 26.4 Å². The Labute approximate surface area is 210 Å². The molecule has 0 aromatic heterocycles. The van der Waals surface area contributed by atoms with Crippen LogP contribution in [0.25, 0.3) is 0 Å². The molecule has 0 saturated heterocycles. The van der Waals surface area contributed by atoms with Gasteiger partial charge in [0.1, 0.15) is 18.1 Å². The number of nitrogens with one attached hydrogen (secondary N) is 1. The van der Waals surface area contributed by atoms with Crippen LogP contribution in [0.5, 0.6) is 23.0 Å². The number of methoxy groups -OCH3 is 1. The van der Waals surface area contributed by atoms with Gasteiger partial charge in [0.25, 0.3) is 5.91 Å². The number of benzene rings is 3. The summed E-state index contributed by atoms with van der Waals surface area (Å²) in [6, 6.07) is 20.0. The molecule has 0 heterocycles. The summed E-state index contributed by atoms with van der Waals surface area (Å²) in [5, 5.41) is 4.66. The van der Waals surface area contributed by atoms with Crippen LogP contribution < -0.4 is 24.4 Å². The predicted molar refractivity (Wildman–Crippen MR) is 137 cm³/mol. The summed E-state index contributed by atoms with van der Waals surface area (Å²) in [6.07, 6.45) is 3.61. The Kier molecular flexibility index (Phi) is 10.3. The highest BCUT2D eigenvalue weighted by molar-refractivity contribution is 6.30. The molecule has 0 atom stereocenters. The van der Waals surface area contributed by atoms with Gasteiger partial charge in [-0.1, -0.05) is 37.1 Å². The van der Waals surface area contributed by atoms with Crippen molar-refractivity contribution in [3.8, 4) is 23.0 Å². The molecule has 0 aliphatic rings. The van der Waals surface area contributed by atoms with E-state index >= 15 is 0 Å². The lowest BCUT2D eigenvalue weighted by molar-refractivity contribution is -0.123. The second kappa shape index (κ2) is 13.9. The number of hydrogen-bond donors (Lipinski definition) is 1. The van der Waals surface area contributed by atoms with Gasteiger partial charge in [-0.15, -0.1) is 0 Å². The molecule has 3 aromatic rings. The van der Waals surface area contributed by atoms with Crippen LogP contribution >= 0.6 is 11.6 Å². The van der Waals surface area contributed by atoms with Crippen molar-refractivity contribution in [1.82, 2.24) is 5.43 Å². The van der Waals surface area contributed by atoms with Crippen molar-refractivity contribution >= 4 is 23.7 Å². The van der Waals surface area contributed by atoms with E-state index in [1.807, 2.05) is 42.5 Å². The van der Waals surface area contributed by atoms with Gasteiger partial charge in [-0.05, 0) is 72.1 Å². The molecule has 0 aliphatic heterocycles. The molecular weight excluding hydrogens is 468 g/mol. The van der Waals surface area contributed by atoms with E-state index in [0.29, 0.717) is 35.5 Å². The largest absolute Gasteiger partial charge is 0.494 e. The van der Waals surface area contributed by atoms with Crippen LogP contribution in [-0.2, 0) is 11.4 Å². The zero-order valence-electron chi connectivity index (χ0n) is 19.8. The summed E-state index contributed by atoms with van der Waals surface area (Å²) in [6.45, 7) is 3.02. The van der Waals surface area contributed by atoms with E-state index in [9.17, 15) is 4.79 Å². The number of ether oxygens (including phenoxy) is 4. The standard InChI is InChI=1S/C27H29ClN2O5/c1-3-4-15-33-23-10-12-24(13-11-23)34-19-27(31)30-29-17-21-7-14-25(26(16-21)32-2)35-18-20-5-8-22(28)9-6-20/h5-14,16-17H,3-4,15,18-19H2,1-2H3,(H,30,31)/b29-17+. The lowest BCUT2D eigenvalue weighted by Gasteiger charge is -2.11. The third-order valence-corrected chi connectivity index (χ3v) is 5.11. The second-order valence-corrected chi connectivity index (χ2v) is 8.02. The third kappa shape index (κ3) is 8.87. The summed E-state index contributed by atoms with van der Waals surface area (Å²) in [7, 11) is 1.56. The molecule has 0 fully saturated rings. The number of unbranched alkanes of at least 4 members (excludes halogenated alkanes) is 1. The fourth-order valence-electron chi connectivity index (χ4n) is 2.95. The average Bonchev–Trinajstić information content (AvgIpc) is 2.88. The van der Waals surface area contributed by atoms with Crippen molar-refractivity contribution in [3.05, 3.63) is 82.9 Å². The highest BCUT2D eigenvalue weighted by Gasteiger charge is 2.07. The number of amides is 1. The maximum absolute atomic E-state index is 12.0. The first-order valence-electron chi connectivity index (χ1n) is 11.3. The van der Waals surface area contributed by atoms with Crippen molar-refractivity contribution in [1.29, 1.82) is 0 Å². The number of nitrogens with zero attached hydrogens (tertiary/aromatic N) is 1. The summed E-state index contributed by atoms with van der Waals surface area (Å²) in [5.74, 6) is 2.13. The summed E-state index contributed by atoms with van der Waals surface area (Å²) < 4.78 is 22.4. The molecule has 8 heteroatoms. The number of hydrazone groups is 1. The number of hydrogen-bond acceptors (Lipinski definition) is 6. The topological polar surface area (TPSA) is 78.4 Å². The first-order chi connectivity index (χ1) is 17.1. The molecule has 184 valence electrons. The van der Waals surface area contributed by atoms with E-state index < -0.39 is 0 Å².